The minimum absolute atomic E-state index is 0.933. The van der Waals surface area contributed by atoms with Gasteiger partial charge in [-0.2, -0.15) is 0 Å². The third kappa shape index (κ3) is 2.79. The Morgan fingerprint density at radius 1 is 0.607 bits per heavy atom. The van der Waals surface area contributed by atoms with Gasteiger partial charge in [0.05, 0.1) is 6.26 Å². The van der Waals surface area contributed by atoms with Crippen LogP contribution in [0.25, 0.3) is 33.6 Å². The molecule has 0 amide bonds. The third-order valence-corrected chi connectivity index (χ3v) is 5.70. The van der Waals surface area contributed by atoms with Crippen LogP contribution < -0.4 is 0 Å². The van der Waals surface area contributed by atoms with Crippen molar-refractivity contribution in [2.24, 2.45) is 0 Å². The van der Waals surface area contributed by atoms with Crippen molar-refractivity contribution < 1.29 is 4.42 Å². The zero-order valence-electron chi connectivity index (χ0n) is 16.9. The molecule has 0 spiro atoms. The Kier molecular flexibility index (Phi) is 3.80. The topological polar surface area (TPSA) is 13.1 Å². The Bertz CT molecular complexity index is 1180. The number of aryl methyl sites for hydroxylation is 4. The van der Waals surface area contributed by atoms with Crippen LogP contribution >= 0.6 is 0 Å². The molecule has 0 aliphatic heterocycles. The summed E-state index contributed by atoms with van der Waals surface area (Å²) < 4.78 is 6.05. The molecule has 4 aromatic rings. The summed E-state index contributed by atoms with van der Waals surface area (Å²) >= 11 is 0. The van der Waals surface area contributed by atoms with Crippen molar-refractivity contribution >= 4 is 0 Å². The van der Waals surface area contributed by atoms with Crippen LogP contribution in [0.2, 0.25) is 0 Å². The molecule has 0 fully saturated rings. The molecule has 0 radical (unpaired) electrons. The second-order valence-corrected chi connectivity index (χ2v) is 8.26. The third-order valence-electron chi connectivity index (χ3n) is 5.70. The standard InChI is InChI=1S/C27H24O/c1-16-7-17(2)10-21(9-16)20-5-6-24-23(13-20)14-25-26(15-28-27(24)25)22-11-18(3)8-19(4)12-22/h5-13,15H,14H2,1-4H3. The molecule has 1 aromatic heterocycles. The summed E-state index contributed by atoms with van der Waals surface area (Å²) in [6, 6.07) is 20.3. The lowest BCUT2D eigenvalue weighted by atomic mass is 9.97. The maximum absolute atomic E-state index is 6.05. The van der Waals surface area contributed by atoms with Crippen molar-refractivity contribution in [3.63, 3.8) is 0 Å². The van der Waals surface area contributed by atoms with Gasteiger partial charge in [-0.3, -0.25) is 0 Å². The van der Waals surface area contributed by atoms with E-state index in [1.807, 2.05) is 6.26 Å². The molecule has 3 aromatic carbocycles. The maximum Gasteiger partial charge on any atom is 0.138 e. The van der Waals surface area contributed by atoms with E-state index in [2.05, 4.69) is 82.3 Å². The van der Waals surface area contributed by atoms with E-state index in [4.69, 9.17) is 4.42 Å². The van der Waals surface area contributed by atoms with Gasteiger partial charge in [0.15, 0.2) is 0 Å². The van der Waals surface area contributed by atoms with Gasteiger partial charge < -0.3 is 4.42 Å². The van der Waals surface area contributed by atoms with Crippen LogP contribution in [0, 0.1) is 27.7 Å². The number of furan rings is 1. The SMILES string of the molecule is Cc1cc(C)cc(-c2ccc3c(c2)Cc2c(-c4cc(C)cc(C)c4)coc2-3)c1. The normalized spacial score (nSPS) is 12.1. The molecule has 1 heteroatoms. The lowest BCUT2D eigenvalue weighted by Gasteiger charge is -2.08. The van der Waals surface area contributed by atoms with E-state index < -0.39 is 0 Å². The van der Waals surface area contributed by atoms with Gasteiger partial charge in [0.1, 0.15) is 5.76 Å². The molecular weight excluding hydrogens is 340 g/mol. The number of fused-ring (bicyclic) bond motifs is 3. The molecule has 0 bridgehead atoms. The Hall–Kier alpha value is -3.06. The highest BCUT2D eigenvalue weighted by Gasteiger charge is 2.26. The van der Waals surface area contributed by atoms with E-state index in [1.54, 1.807) is 0 Å². The predicted octanol–water partition coefficient (Wildman–Crippen LogP) is 7.42. The molecule has 1 aliphatic carbocycles. The highest BCUT2D eigenvalue weighted by molar-refractivity contribution is 5.84. The van der Waals surface area contributed by atoms with Crippen LogP contribution in [-0.4, -0.2) is 0 Å². The Morgan fingerprint density at radius 3 is 1.86 bits per heavy atom. The van der Waals surface area contributed by atoms with Crippen LogP contribution in [0.1, 0.15) is 33.4 Å². The molecule has 0 saturated carbocycles. The molecule has 0 unspecified atom stereocenters. The zero-order valence-corrected chi connectivity index (χ0v) is 16.9. The Labute approximate surface area is 166 Å². The molecule has 1 aliphatic rings. The van der Waals surface area contributed by atoms with Crippen LogP contribution in [0.4, 0.5) is 0 Å². The summed E-state index contributed by atoms with van der Waals surface area (Å²) in [5.74, 6) is 1.04. The number of rotatable bonds is 2. The first-order valence-electron chi connectivity index (χ1n) is 9.89. The second kappa shape index (κ2) is 6.24. The van der Waals surface area contributed by atoms with E-state index >= 15 is 0 Å². The minimum Gasteiger partial charge on any atom is -0.463 e. The van der Waals surface area contributed by atoms with Gasteiger partial charge in [0, 0.05) is 23.1 Å². The first-order chi connectivity index (χ1) is 13.5. The number of benzene rings is 3. The van der Waals surface area contributed by atoms with Gasteiger partial charge in [-0.25, -0.2) is 0 Å². The summed E-state index contributed by atoms with van der Waals surface area (Å²) in [7, 11) is 0. The fourth-order valence-electron chi connectivity index (χ4n) is 4.63. The van der Waals surface area contributed by atoms with Gasteiger partial charge in [-0.1, -0.05) is 76.9 Å². The van der Waals surface area contributed by atoms with Crippen LogP contribution in [0.15, 0.2) is 65.3 Å². The van der Waals surface area contributed by atoms with Crippen molar-refractivity contribution in [3.8, 4) is 33.6 Å². The van der Waals surface area contributed by atoms with Crippen molar-refractivity contribution in [2.45, 2.75) is 34.1 Å². The molecule has 0 N–H and O–H groups in total. The fourth-order valence-corrected chi connectivity index (χ4v) is 4.63. The minimum atomic E-state index is 0.933. The smallest absolute Gasteiger partial charge is 0.138 e. The summed E-state index contributed by atoms with van der Waals surface area (Å²) in [6.07, 6.45) is 2.86. The van der Waals surface area contributed by atoms with E-state index in [-0.39, 0.29) is 0 Å². The second-order valence-electron chi connectivity index (χ2n) is 8.26. The summed E-state index contributed by atoms with van der Waals surface area (Å²) in [4.78, 5) is 0. The van der Waals surface area contributed by atoms with Gasteiger partial charge in [0.2, 0.25) is 0 Å². The lowest BCUT2D eigenvalue weighted by molar-refractivity contribution is 0.583. The number of hydrogen-bond donors (Lipinski definition) is 0. The maximum atomic E-state index is 6.05. The fraction of sp³-hybridized carbons (Fsp3) is 0.185. The summed E-state index contributed by atoms with van der Waals surface area (Å²) in [5.41, 5.74) is 14.2. The monoisotopic (exact) mass is 364 g/mol. The van der Waals surface area contributed by atoms with E-state index in [0.29, 0.717) is 0 Å². The first kappa shape index (κ1) is 17.1. The number of hydrogen-bond acceptors (Lipinski definition) is 1. The Morgan fingerprint density at radius 2 is 1.21 bits per heavy atom. The summed E-state index contributed by atoms with van der Waals surface area (Å²) in [6.45, 7) is 8.63. The average Bonchev–Trinajstić information content (AvgIpc) is 3.18. The van der Waals surface area contributed by atoms with Gasteiger partial charge in [0.25, 0.3) is 0 Å². The van der Waals surface area contributed by atoms with E-state index in [9.17, 15) is 0 Å². The average molecular weight is 364 g/mol. The predicted molar refractivity (Wildman–Crippen MR) is 117 cm³/mol. The van der Waals surface area contributed by atoms with Crippen molar-refractivity contribution in [1.29, 1.82) is 0 Å². The lowest BCUT2D eigenvalue weighted by Crippen LogP contribution is -1.88. The molecule has 0 saturated heterocycles. The highest BCUT2D eigenvalue weighted by atomic mass is 16.3. The van der Waals surface area contributed by atoms with Gasteiger partial charge in [-0.15, -0.1) is 0 Å². The zero-order chi connectivity index (χ0) is 19.4. The largest absolute Gasteiger partial charge is 0.463 e. The van der Waals surface area contributed by atoms with E-state index in [1.165, 1.54) is 61.2 Å². The quantitative estimate of drug-likeness (QED) is 0.318. The van der Waals surface area contributed by atoms with Crippen LogP contribution in [-0.2, 0) is 6.42 Å². The van der Waals surface area contributed by atoms with Crippen LogP contribution in [0.5, 0.6) is 0 Å². The molecule has 28 heavy (non-hydrogen) atoms. The molecule has 138 valence electrons. The first-order valence-corrected chi connectivity index (χ1v) is 9.89. The molecule has 1 heterocycles. The molecule has 5 rings (SSSR count). The highest BCUT2D eigenvalue weighted by Crippen LogP contribution is 2.44. The molecule has 0 atom stereocenters. The Balaban J connectivity index is 1.57. The van der Waals surface area contributed by atoms with Crippen molar-refractivity contribution in [2.75, 3.05) is 0 Å². The van der Waals surface area contributed by atoms with Gasteiger partial charge in [-0.05, 0) is 49.9 Å². The molecule has 1 nitrogen and oxygen atoms in total. The van der Waals surface area contributed by atoms with Crippen molar-refractivity contribution in [3.05, 3.63) is 94.2 Å². The molecular formula is C27H24O. The summed E-state index contributed by atoms with van der Waals surface area (Å²) in [5, 5.41) is 0. The van der Waals surface area contributed by atoms with Gasteiger partial charge >= 0.3 is 0 Å². The van der Waals surface area contributed by atoms with Crippen molar-refractivity contribution in [1.82, 2.24) is 0 Å². The van der Waals surface area contributed by atoms with E-state index in [0.717, 1.165) is 12.2 Å². The van der Waals surface area contributed by atoms with Crippen LogP contribution in [0.3, 0.4) is 0 Å².